The lowest BCUT2D eigenvalue weighted by Crippen LogP contribution is -2.24. The van der Waals surface area contributed by atoms with Gasteiger partial charge in [-0.05, 0) is 48.4 Å². The maximum Gasteiger partial charge on any atom is 0.262 e. The molecule has 0 aliphatic carbocycles. The monoisotopic (exact) mass is 436 g/mol. The van der Waals surface area contributed by atoms with Crippen molar-refractivity contribution in [2.24, 2.45) is 0 Å². The van der Waals surface area contributed by atoms with E-state index in [2.05, 4.69) is 22.4 Å². The van der Waals surface area contributed by atoms with Gasteiger partial charge in [-0.1, -0.05) is 36.7 Å². The Kier molecular flexibility index (Phi) is 8.02. The molecule has 2 aromatic heterocycles. The van der Waals surface area contributed by atoms with Crippen LogP contribution < -0.4 is 5.56 Å². The molecule has 1 aromatic carbocycles. The zero-order chi connectivity index (χ0) is 20.6. The van der Waals surface area contributed by atoms with Crippen LogP contribution in [-0.2, 0) is 23.6 Å². The van der Waals surface area contributed by atoms with E-state index in [0.29, 0.717) is 46.6 Å². The minimum absolute atomic E-state index is 0.0729. The number of aryl methyl sites for hydroxylation is 1. The summed E-state index contributed by atoms with van der Waals surface area (Å²) in [6, 6.07) is 5.16. The number of tetrazole rings is 1. The van der Waals surface area contributed by atoms with Crippen molar-refractivity contribution < 1.29 is 4.74 Å². The Balaban J connectivity index is 1.87. The minimum atomic E-state index is -0.0729. The number of aromatic nitrogens is 6. The predicted molar refractivity (Wildman–Crippen MR) is 114 cm³/mol. The first-order valence-corrected chi connectivity index (χ1v) is 11.2. The summed E-state index contributed by atoms with van der Waals surface area (Å²) >= 11 is 7.56. The lowest BCUT2D eigenvalue weighted by molar-refractivity contribution is 0.140. The fraction of sp³-hybridized carbons (Fsp3) is 0.526. The first-order valence-electron chi connectivity index (χ1n) is 9.79. The minimum Gasteiger partial charge on any atom is -0.382 e. The predicted octanol–water partition coefficient (Wildman–Crippen LogP) is 3.56. The molecule has 3 rings (SSSR count). The van der Waals surface area contributed by atoms with Crippen molar-refractivity contribution in [2.45, 2.75) is 57.1 Å². The third-order valence-corrected chi connectivity index (χ3v) is 5.62. The second-order valence-corrected chi connectivity index (χ2v) is 7.90. The molecule has 0 saturated heterocycles. The topological polar surface area (TPSA) is 87.7 Å². The molecular weight excluding hydrogens is 412 g/mol. The number of hydrogen-bond donors (Lipinski definition) is 0. The summed E-state index contributed by atoms with van der Waals surface area (Å²) < 4.78 is 8.94. The molecule has 0 N–H and O–H groups in total. The quantitative estimate of drug-likeness (QED) is 0.258. The second kappa shape index (κ2) is 10.7. The van der Waals surface area contributed by atoms with Gasteiger partial charge in [0, 0.05) is 31.3 Å². The van der Waals surface area contributed by atoms with Gasteiger partial charge in [-0.2, -0.15) is 0 Å². The van der Waals surface area contributed by atoms with Crippen LogP contribution in [0.3, 0.4) is 0 Å². The molecular formula is C19H25ClN6O2S. The van der Waals surface area contributed by atoms with Gasteiger partial charge in [-0.25, -0.2) is 9.67 Å². The van der Waals surface area contributed by atoms with Gasteiger partial charge >= 0.3 is 0 Å². The lowest BCUT2D eigenvalue weighted by Gasteiger charge is -2.13. The van der Waals surface area contributed by atoms with Gasteiger partial charge in [-0.3, -0.25) is 9.36 Å². The summed E-state index contributed by atoms with van der Waals surface area (Å²) in [6.45, 7) is 6.66. The Morgan fingerprint density at radius 3 is 2.86 bits per heavy atom. The van der Waals surface area contributed by atoms with Crippen molar-refractivity contribution in [1.82, 2.24) is 29.8 Å². The first-order chi connectivity index (χ1) is 14.1. The number of rotatable bonds is 11. The van der Waals surface area contributed by atoms with E-state index < -0.39 is 0 Å². The summed E-state index contributed by atoms with van der Waals surface area (Å²) in [5, 5.41) is 13.7. The number of unbranched alkanes of at least 4 members (excludes halogenated alkanes) is 1. The van der Waals surface area contributed by atoms with Crippen LogP contribution in [0.15, 0.2) is 28.2 Å². The van der Waals surface area contributed by atoms with Crippen LogP contribution in [0.4, 0.5) is 0 Å². The van der Waals surface area contributed by atoms with Gasteiger partial charge in [-0.15, -0.1) is 5.10 Å². The standard InChI is InChI=1S/C19H25ClN6O2S/c1-3-5-10-26-17(22-23-24-26)13-29-19-21-16-12-14(20)7-8-15(16)18(27)25(19)9-6-11-28-4-2/h7-8,12H,3-6,9-11,13H2,1-2H3. The summed E-state index contributed by atoms with van der Waals surface area (Å²) in [5.74, 6) is 1.30. The van der Waals surface area contributed by atoms with Crippen LogP contribution in [0, 0.1) is 0 Å². The van der Waals surface area contributed by atoms with Crippen LogP contribution in [-0.4, -0.2) is 43.0 Å². The number of hydrogen-bond acceptors (Lipinski definition) is 7. The molecule has 0 atom stereocenters. The SMILES string of the molecule is CCCCn1nnnc1CSc1nc2cc(Cl)ccc2c(=O)n1CCCOCC. The van der Waals surface area contributed by atoms with Gasteiger partial charge < -0.3 is 4.74 Å². The summed E-state index contributed by atoms with van der Waals surface area (Å²) in [7, 11) is 0. The normalized spacial score (nSPS) is 11.4. The molecule has 0 saturated carbocycles. The van der Waals surface area contributed by atoms with E-state index in [1.807, 2.05) is 11.6 Å². The summed E-state index contributed by atoms with van der Waals surface area (Å²) in [4.78, 5) is 17.8. The van der Waals surface area contributed by atoms with E-state index in [-0.39, 0.29) is 5.56 Å². The highest BCUT2D eigenvalue weighted by Crippen LogP contribution is 2.23. The van der Waals surface area contributed by atoms with Gasteiger partial charge in [0.15, 0.2) is 11.0 Å². The second-order valence-electron chi connectivity index (χ2n) is 6.52. The van der Waals surface area contributed by atoms with E-state index >= 15 is 0 Å². The fourth-order valence-electron chi connectivity index (χ4n) is 2.89. The van der Waals surface area contributed by atoms with Crippen molar-refractivity contribution in [2.75, 3.05) is 13.2 Å². The van der Waals surface area contributed by atoms with Crippen LogP contribution in [0.25, 0.3) is 10.9 Å². The Hall–Kier alpha value is -1.97. The summed E-state index contributed by atoms with van der Waals surface area (Å²) in [5.41, 5.74) is 0.521. The number of thioether (sulfide) groups is 1. The molecule has 0 amide bonds. The van der Waals surface area contributed by atoms with Crippen LogP contribution in [0.5, 0.6) is 0 Å². The molecule has 0 fully saturated rings. The van der Waals surface area contributed by atoms with Gasteiger partial charge in [0.05, 0.1) is 16.7 Å². The molecule has 29 heavy (non-hydrogen) atoms. The van der Waals surface area contributed by atoms with E-state index in [9.17, 15) is 4.79 Å². The van der Waals surface area contributed by atoms with Gasteiger partial charge in [0.25, 0.3) is 5.56 Å². The molecule has 0 aliphatic heterocycles. The molecule has 156 valence electrons. The molecule has 2 heterocycles. The highest BCUT2D eigenvalue weighted by Gasteiger charge is 2.14. The number of fused-ring (bicyclic) bond motifs is 1. The molecule has 10 heteroatoms. The molecule has 0 aliphatic rings. The maximum absolute atomic E-state index is 13.1. The Morgan fingerprint density at radius 2 is 2.07 bits per heavy atom. The van der Waals surface area contributed by atoms with Gasteiger partial charge in [0.1, 0.15) is 0 Å². The number of halogens is 1. The maximum atomic E-state index is 13.1. The molecule has 3 aromatic rings. The molecule has 0 spiro atoms. The summed E-state index contributed by atoms with van der Waals surface area (Å²) in [6.07, 6.45) is 2.81. The molecule has 0 unspecified atom stereocenters. The molecule has 0 radical (unpaired) electrons. The Morgan fingerprint density at radius 1 is 1.21 bits per heavy atom. The smallest absolute Gasteiger partial charge is 0.262 e. The zero-order valence-electron chi connectivity index (χ0n) is 16.7. The number of benzene rings is 1. The number of ether oxygens (including phenoxy) is 1. The van der Waals surface area contributed by atoms with Crippen LogP contribution in [0.1, 0.15) is 38.9 Å². The Bertz CT molecular complexity index is 1010. The number of nitrogens with zero attached hydrogens (tertiary/aromatic N) is 6. The third-order valence-electron chi connectivity index (χ3n) is 4.42. The highest BCUT2D eigenvalue weighted by molar-refractivity contribution is 7.98. The lowest BCUT2D eigenvalue weighted by atomic mass is 10.2. The van der Waals surface area contributed by atoms with Crippen molar-refractivity contribution in [3.63, 3.8) is 0 Å². The average molecular weight is 437 g/mol. The van der Waals surface area contributed by atoms with Crippen molar-refractivity contribution in [1.29, 1.82) is 0 Å². The fourth-order valence-corrected chi connectivity index (χ4v) is 4.01. The zero-order valence-corrected chi connectivity index (χ0v) is 18.2. The van der Waals surface area contributed by atoms with Crippen molar-refractivity contribution >= 4 is 34.3 Å². The van der Waals surface area contributed by atoms with Gasteiger partial charge in [0.2, 0.25) is 0 Å². The van der Waals surface area contributed by atoms with E-state index in [1.54, 1.807) is 22.8 Å². The van der Waals surface area contributed by atoms with E-state index in [4.69, 9.17) is 21.3 Å². The largest absolute Gasteiger partial charge is 0.382 e. The molecule has 0 bridgehead atoms. The first kappa shape index (κ1) is 21.7. The Labute approximate surface area is 178 Å². The van der Waals surface area contributed by atoms with Crippen molar-refractivity contribution in [3.8, 4) is 0 Å². The van der Waals surface area contributed by atoms with Crippen molar-refractivity contribution in [3.05, 3.63) is 39.4 Å². The highest BCUT2D eigenvalue weighted by atomic mass is 35.5. The third kappa shape index (κ3) is 5.55. The van der Waals surface area contributed by atoms with Crippen LogP contribution >= 0.6 is 23.4 Å². The van der Waals surface area contributed by atoms with Crippen LogP contribution in [0.2, 0.25) is 5.02 Å². The average Bonchev–Trinajstić information content (AvgIpc) is 3.16. The van der Waals surface area contributed by atoms with E-state index in [0.717, 1.165) is 31.6 Å². The van der Waals surface area contributed by atoms with E-state index in [1.165, 1.54) is 11.8 Å². The molecule has 8 nitrogen and oxygen atoms in total.